The first-order valence-electron chi connectivity index (χ1n) is 9.04. The molecular weight excluding hydrogens is 386 g/mol. The van der Waals surface area contributed by atoms with Crippen LogP contribution in [0.2, 0.25) is 0 Å². The van der Waals surface area contributed by atoms with Crippen LogP contribution in [0.4, 0.5) is 22.9 Å². The van der Waals surface area contributed by atoms with Gasteiger partial charge in [0.25, 0.3) is 0 Å². The van der Waals surface area contributed by atoms with E-state index in [-0.39, 0.29) is 10.6 Å². The topological polar surface area (TPSA) is 121 Å². The van der Waals surface area contributed by atoms with Gasteiger partial charge in [-0.1, -0.05) is 6.07 Å². The highest BCUT2D eigenvalue weighted by molar-refractivity contribution is 7.90. The van der Waals surface area contributed by atoms with Gasteiger partial charge >= 0.3 is 0 Å². The molecule has 0 aliphatic carbocycles. The van der Waals surface area contributed by atoms with E-state index in [0.717, 1.165) is 6.54 Å². The third kappa shape index (κ3) is 4.91. The van der Waals surface area contributed by atoms with Crippen molar-refractivity contribution in [2.75, 3.05) is 29.2 Å². The highest BCUT2D eigenvalue weighted by atomic mass is 32.2. The van der Waals surface area contributed by atoms with Crippen LogP contribution in [0.5, 0.6) is 0 Å². The standard InChI is InChI=1S/C21H23N5O2S/c1-3-24-20-11-14(9-10-25-20)21(23)18-13-16(7-8-19(18)22)26-15-5-4-6-17(12-15)29(2,27)28/h4-13,23,26H,3,22H2,1-2H3,(H,24,25). The number of pyridine rings is 1. The molecule has 2 aromatic carbocycles. The smallest absolute Gasteiger partial charge is 0.175 e. The van der Waals surface area contributed by atoms with Gasteiger partial charge in [0.15, 0.2) is 9.84 Å². The minimum Gasteiger partial charge on any atom is -0.398 e. The molecule has 0 atom stereocenters. The fraction of sp³-hybridized carbons (Fsp3) is 0.143. The molecule has 8 heteroatoms. The van der Waals surface area contributed by atoms with Crippen molar-refractivity contribution in [1.82, 2.24) is 4.98 Å². The van der Waals surface area contributed by atoms with E-state index in [4.69, 9.17) is 11.1 Å². The van der Waals surface area contributed by atoms with E-state index in [9.17, 15) is 8.42 Å². The Kier molecular flexibility index (Phi) is 5.84. The molecule has 0 amide bonds. The first-order valence-corrected chi connectivity index (χ1v) is 10.9. The van der Waals surface area contributed by atoms with Gasteiger partial charge in [-0.3, -0.25) is 5.41 Å². The van der Waals surface area contributed by atoms with Gasteiger partial charge in [-0.05, 0) is 55.5 Å². The van der Waals surface area contributed by atoms with Crippen LogP contribution in [0, 0.1) is 5.41 Å². The van der Waals surface area contributed by atoms with Crippen molar-refractivity contribution in [2.45, 2.75) is 11.8 Å². The van der Waals surface area contributed by atoms with Crippen molar-refractivity contribution in [3.63, 3.8) is 0 Å². The van der Waals surface area contributed by atoms with Crippen LogP contribution in [-0.2, 0) is 9.84 Å². The first-order chi connectivity index (χ1) is 13.8. The molecule has 0 saturated heterocycles. The number of nitrogens with two attached hydrogens (primary N) is 1. The molecule has 0 fully saturated rings. The zero-order valence-corrected chi connectivity index (χ0v) is 17.0. The molecular formula is C21H23N5O2S. The second kappa shape index (κ2) is 8.32. The molecule has 0 bridgehead atoms. The summed E-state index contributed by atoms with van der Waals surface area (Å²) in [7, 11) is -3.30. The van der Waals surface area contributed by atoms with E-state index in [0.29, 0.717) is 34.0 Å². The summed E-state index contributed by atoms with van der Waals surface area (Å²) in [6, 6.07) is 15.4. The van der Waals surface area contributed by atoms with Crippen LogP contribution in [0.25, 0.3) is 0 Å². The number of nitrogen functional groups attached to an aromatic ring is 1. The first kappa shape index (κ1) is 20.3. The van der Waals surface area contributed by atoms with Gasteiger partial charge in [-0.15, -0.1) is 0 Å². The minimum atomic E-state index is -3.30. The van der Waals surface area contributed by atoms with Crippen molar-refractivity contribution in [1.29, 1.82) is 5.41 Å². The summed E-state index contributed by atoms with van der Waals surface area (Å²) in [6.07, 6.45) is 2.82. The van der Waals surface area contributed by atoms with Crippen LogP contribution in [-0.4, -0.2) is 31.9 Å². The Morgan fingerprint density at radius 1 is 1.10 bits per heavy atom. The average molecular weight is 410 g/mol. The van der Waals surface area contributed by atoms with Gasteiger partial charge in [0.1, 0.15) is 5.82 Å². The van der Waals surface area contributed by atoms with Crippen molar-refractivity contribution in [2.24, 2.45) is 0 Å². The van der Waals surface area contributed by atoms with Gasteiger partial charge in [-0.25, -0.2) is 13.4 Å². The Morgan fingerprint density at radius 3 is 2.59 bits per heavy atom. The molecule has 5 N–H and O–H groups in total. The van der Waals surface area contributed by atoms with Gasteiger partial charge in [0, 0.05) is 47.2 Å². The molecule has 0 saturated carbocycles. The van der Waals surface area contributed by atoms with Crippen LogP contribution in [0.1, 0.15) is 18.1 Å². The molecule has 0 spiro atoms. The Labute approximate surface area is 170 Å². The third-order valence-electron chi connectivity index (χ3n) is 4.28. The molecule has 0 aliphatic rings. The maximum atomic E-state index is 11.8. The molecule has 3 rings (SSSR count). The van der Waals surface area contributed by atoms with E-state index in [1.165, 1.54) is 6.26 Å². The maximum Gasteiger partial charge on any atom is 0.175 e. The molecule has 3 aromatic rings. The number of rotatable bonds is 7. The fourth-order valence-corrected chi connectivity index (χ4v) is 3.51. The quantitative estimate of drug-likeness (QED) is 0.349. The Morgan fingerprint density at radius 2 is 1.86 bits per heavy atom. The molecule has 0 unspecified atom stereocenters. The number of nitrogens with one attached hydrogen (secondary N) is 3. The predicted octanol–water partition coefficient (Wildman–Crippen LogP) is 3.66. The predicted molar refractivity (Wildman–Crippen MR) is 118 cm³/mol. The summed E-state index contributed by atoms with van der Waals surface area (Å²) in [4.78, 5) is 4.46. The van der Waals surface area contributed by atoms with E-state index in [1.807, 2.05) is 6.92 Å². The second-order valence-electron chi connectivity index (χ2n) is 6.56. The number of hydrogen-bond acceptors (Lipinski definition) is 7. The van der Waals surface area contributed by atoms with Gasteiger partial charge < -0.3 is 16.4 Å². The zero-order valence-electron chi connectivity index (χ0n) is 16.2. The SMILES string of the molecule is CCNc1cc(C(=N)c2cc(Nc3cccc(S(C)(=O)=O)c3)ccc2N)ccn1. The van der Waals surface area contributed by atoms with E-state index < -0.39 is 9.84 Å². The molecule has 7 nitrogen and oxygen atoms in total. The van der Waals surface area contributed by atoms with Crippen LogP contribution < -0.4 is 16.4 Å². The normalized spacial score (nSPS) is 11.1. The fourth-order valence-electron chi connectivity index (χ4n) is 2.84. The summed E-state index contributed by atoms with van der Waals surface area (Å²) in [6.45, 7) is 2.71. The summed E-state index contributed by atoms with van der Waals surface area (Å²) in [5.74, 6) is 0.695. The average Bonchev–Trinajstić information content (AvgIpc) is 2.69. The summed E-state index contributed by atoms with van der Waals surface area (Å²) in [5, 5.41) is 14.9. The molecule has 0 aliphatic heterocycles. The lowest BCUT2D eigenvalue weighted by Gasteiger charge is -2.13. The Bertz CT molecular complexity index is 1160. The van der Waals surface area contributed by atoms with Gasteiger partial charge in [0.2, 0.25) is 0 Å². The van der Waals surface area contributed by atoms with Crippen LogP contribution in [0.3, 0.4) is 0 Å². The number of hydrogen-bond donors (Lipinski definition) is 4. The molecule has 29 heavy (non-hydrogen) atoms. The molecule has 150 valence electrons. The van der Waals surface area contributed by atoms with Crippen LogP contribution >= 0.6 is 0 Å². The largest absolute Gasteiger partial charge is 0.398 e. The molecule has 1 heterocycles. The number of aromatic nitrogens is 1. The number of sulfone groups is 1. The lowest BCUT2D eigenvalue weighted by Crippen LogP contribution is -2.08. The van der Waals surface area contributed by atoms with Crippen molar-refractivity contribution < 1.29 is 8.42 Å². The lowest BCUT2D eigenvalue weighted by molar-refractivity contribution is 0.602. The molecule has 0 radical (unpaired) electrons. The monoisotopic (exact) mass is 409 g/mol. The summed E-state index contributed by atoms with van der Waals surface area (Å²) < 4.78 is 23.5. The van der Waals surface area contributed by atoms with E-state index in [1.54, 1.807) is 60.8 Å². The van der Waals surface area contributed by atoms with E-state index >= 15 is 0 Å². The van der Waals surface area contributed by atoms with Crippen molar-refractivity contribution >= 4 is 38.4 Å². The number of anilines is 4. The lowest BCUT2D eigenvalue weighted by atomic mass is 10.0. The highest BCUT2D eigenvalue weighted by Crippen LogP contribution is 2.25. The minimum absolute atomic E-state index is 0.235. The zero-order chi connectivity index (χ0) is 21.0. The number of nitrogens with zero attached hydrogens (tertiary/aromatic N) is 1. The summed E-state index contributed by atoms with van der Waals surface area (Å²) in [5.41, 5.74) is 9.47. The highest BCUT2D eigenvalue weighted by Gasteiger charge is 2.12. The van der Waals surface area contributed by atoms with Crippen molar-refractivity contribution in [3.05, 3.63) is 71.9 Å². The van der Waals surface area contributed by atoms with Gasteiger partial charge in [-0.2, -0.15) is 0 Å². The summed E-state index contributed by atoms with van der Waals surface area (Å²) >= 11 is 0. The third-order valence-corrected chi connectivity index (χ3v) is 5.39. The second-order valence-corrected chi connectivity index (χ2v) is 8.58. The van der Waals surface area contributed by atoms with Gasteiger partial charge in [0.05, 0.1) is 10.6 Å². The van der Waals surface area contributed by atoms with Crippen LogP contribution in [0.15, 0.2) is 65.7 Å². The Hall–Kier alpha value is -3.39. The number of benzene rings is 2. The molecule has 1 aromatic heterocycles. The Balaban J connectivity index is 1.91. The van der Waals surface area contributed by atoms with E-state index in [2.05, 4.69) is 15.6 Å². The maximum absolute atomic E-state index is 11.8. The van der Waals surface area contributed by atoms with Crippen molar-refractivity contribution in [3.8, 4) is 0 Å².